The van der Waals surface area contributed by atoms with E-state index in [9.17, 15) is 19.9 Å². The van der Waals surface area contributed by atoms with Gasteiger partial charge in [0.2, 0.25) is 0 Å². The number of carbonyl (C=O) groups is 2. The molecule has 50 heavy (non-hydrogen) atoms. The molecule has 0 saturated carbocycles. The number of carboxylic acid groups (broad SMARTS) is 1. The second kappa shape index (κ2) is 15.3. The molecule has 1 N–H and O–H groups in total. The minimum Gasteiger partial charge on any atom is -0.619 e. The lowest BCUT2D eigenvalue weighted by molar-refractivity contribution is -0.605. The Labute approximate surface area is 304 Å². The number of carbonyl (C=O) groups excluding carboxylic acids is 1. The van der Waals surface area contributed by atoms with Gasteiger partial charge >= 0.3 is 12.1 Å². The molecule has 1 amide bonds. The Morgan fingerprint density at radius 1 is 1.00 bits per heavy atom. The van der Waals surface area contributed by atoms with Crippen LogP contribution in [0.1, 0.15) is 50.0 Å². The molecule has 2 atom stereocenters. The maximum atomic E-state index is 14.1. The van der Waals surface area contributed by atoms with Gasteiger partial charge in [-0.2, -0.15) is 4.73 Å². The van der Waals surface area contributed by atoms with Crippen molar-refractivity contribution in [1.29, 1.82) is 0 Å². The Balaban J connectivity index is 1.42. The second-order valence-corrected chi connectivity index (χ2v) is 14.2. The van der Waals surface area contributed by atoms with Crippen molar-refractivity contribution in [1.82, 2.24) is 4.90 Å². The standard InChI is InChI=1S/C36H37Cl2N3O8S/c1-46-30-7-5-4-6-29(30)41(36(44)49-33-20-39-12-10-21(33)11-13-39)17-23-15-25(34(50-23)35(42)43)24(16-26-27(37)18-40(45)19-28(26)38)22-8-9-31(47-2)32(14-22)48-3/h4-9,14-15,18-19,21,24,33H,10-13,16-17,20H2,1-3H3,(H,42,43)/t24?,33-/m0/s1. The first-order chi connectivity index (χ1) is 24.1. The molecule has 0 aliphatic carbocycles. The zero-order valence-electron chi connectivity index (χ0n) is 27.8. The fourth-order valence-corrected chi connectivity index (χ4v) is 8.51. The van der Waals surface area contributed by atoms with E-state index < -0.39 is 18.0 Å². The molecule has 7 rings (SSSR count). The van der Waals surface area contributed by atoms with Crippen molar-refractivity contribution in [2.45, 2.75) is 37.8 Å². The van der Waals surface area contributed by atoms with E-state index in [-0.39, 0.29) is 34.0 Å². The Morgan fingerprint density at radius 2 is 1.68 bits per heavy atom. The number of hydrogen-bond donors (Lipinski definition) is 1. The molecular formula is C36H37Cl2N3O8S. The predicted octanol–water partition coefficient (Wildman–Crippen LogP) is 7.02. The number of para-hydroxylation sites is 2. The summed E-state index contributed by atoms with van der Waals surface area (Å²) < 4.78 is 23.4. The quantitative estimate of drug-likeness (QED) is 0.120. The normalized spacial score (nSPS) is 18.7. The third kappa shape index (κ3) is 7.44. The van der Waals surface area contributed by atoms with Crippen LogP contribution in [0.4, 0.5) is 10.5 Å². The van der Waals surface area contributed by atoms with Crippen molar-refractivity contribution in [3.05, 3.63) is 103 Å². The summed E-state index contributed by atoms with van der Waals surface area (Å²) in [6.45, 7) is 2.71. The highest BCUT2D eigenvalue weighted by Crippen LogP contribution is 2.42. The molecule has 11 nitrogen and oxygen atoms in total. The van der Waals surface area contributed by atoms with E-state index in [1.165, 1.54) is 38.6 Å². The molecule has 2 bridgehead atoms. The zero-order valence-corrected chi connectivity index (χ0v) is 30.1. The minimum absolute atomic E-state index is 0.0208. The number of aromatic nitrogens is 1. The minimum atomic E-state index is -1.14. The third-order valence-electron chi connectivity index (χ3n) is 9.42. The van der Waals surface area contributed by atoms with E-state index in [2.05, 4.69) is 4.90 Å². The van der Waals surface area contributed by atoms with E-state index in [4.69, 9.17) is 42.1 Å². The van der Waals surface area contributed by atoms with Gasteiger partial charge in [0.05, 0.1) is 33.6 Å². The fourth-order valence-electron chi connectivity index (χ4n) is 6.86. The second-order valence-electron chi connectivity index (χ2n) is 12.3. The summed E-state index contributed by atoms with van der Waals surface area (Å²) in [6, 6.07) is 14.3. The SMILES string of the molecule is COc1ccc(C(Cc2c(Cl)c[n+]([O-])cc2Cl)c2cc(CN(C(=O)O[C@H]3CN4CCC3CC4)c3ccccc3OC)sc2C(=O)O)cc1OC. The van der Waals surface area contributed by atoms with Crippen molar-refractivity contribution in [2.75, 3.05) is 45.9 Å². The topological polar surface area (TPSA) is 125 Å². The molecule has 0 radical (unpaired) electrons. The van der Waals surface area contributed by atoms with Crippen LogP contribution in [0, 0.1) is 11.1 Å². The number of methoxy groups -OCH3 is 3. The van der Waals surface area contributed by atoms with Gasteiger partial charge in [-0.05, 0) is 79.7 Å². The highest BCUT2D eigenvalue weighted by Gasteiger charge is 2.38. The van der Waals surface area contributed by atoms with Crippen molar-refractivity contribution in [3.63, 3.8) is 0 Å². The largest absolute Gasteiger partial charge is 0.619 e. The van der Waals surface area contributed by atoms with E-state index in [1.807, 2.05) is 12.1 Å². The monoisotopic (exact) mass is 741 g/mol. The molecule has 264 valence electrons. The van der Waals surface area contributed by atoms with E-state index in [1.54, 1.807) is 36.4 Å². The number of anilines is 1. The van der Waals surface area contributed by atoms with Crippen molar-refractivity contribution in [2.24, 2.45) is 5.92 Å². The molecule has 3 fully saturated rings. The van der Waals surface area contributed by atoms with Crippen LogP contribution >= 0.6 is 34.5 Å². The van der Waals surface area contributed by atoms with E-state index in [0.29, 0.717) is 61.7 Å². The first-order valence-corrected chi connectivity index (χ1v) is 17.6. The smallest absolute Gasteiger partial charge is 0.415 e. The van der Waals surface area contributed by atoms with Crippen LogP contribution in [0.2, 0.25) is 10.0 Å². The van der Waals surface area contributed by atoms with Gasteiger partial charge in [-0.3, -0.25) is 9.80 Å². The Morgan fingerprint density at radius 3 is 2.30 bits per heavy atom. The van der Waals surface area contributed by atoms with Gasteiger partial charge in [0.1, 0.15) is 26.8 Å². The Hall–Kier alpha value is -4.23. The highest BCUT2D eigenvalue weighted by molar-refractivity contribution is 7.14. The van der Waals surface area contributed by atoms with Crippen LogP contribution in [0.15, 0.2) is 60.9 Å². The van der Waals surface area contributed by atoms with Gasteiger partial charge in [0.15, 0.2) is 23.9 Å². The van der Waals surface area contributed by atoms with Gasteiger partial charge in [0, 0.05) is 22.9 Å². The maximum Gasteiger partial charge on any atom is 0.415 e. The van der Waals surface area contributed by atoms with Crippen LogP contribution in [0.25, 0.3) is 0 Å². The lowest BCUT2D eigenvalue weighted by atomic mass is 9.85. The van der Waals surface area contributed by atoms with Gasteiger partial charge < -0.3 is 29.3 Å². The first kappa shape index (κ1) is 35.6. The number of rotatable bonds is 12. The number of pyridine rings is 1. The number of carboxylic acids is 1. The van der Waals surface area contributed by atoms with Crippen LogP contribution in [0.3, 0.4) is 0 Å². The molecule has 2 aromatic heterocycles. The number of nitrogens with zero attached hydrogens (tertiary/aromatic N) is 3. The van der Waals surface area contributed by atoms with E-state index >= 15 is 0 Å². The Bertz CT molecular complexity index is 1860. The van der Waals surface area contributed by atoms with Crippen molar-refractivity contribution < 1.29 is 38.4 Å². The van der Waals surface area contributed by atoms with Crippen LogP contribution in [-0.4, -0.2) is 69.1 Å². The number of amides is 1. The zero-order chi connectivity index (χ0) is 35.5. The molecule has 4 aromatic rings. The number of benzene rings is 2. The molecule has 3 saturated heterocycles. The average Bonchev–Trinajstić information content (AvgIpc) is 3.54. The number of fused-ring (bicyclic) bond motifs is 3. The lowest BCUT2D eigenvalue weighted by Crippen LogP contribution is -2.53. The van der Waals surface area contributed by atoms with Crippen molar-refractivity contribution in [3.8, 4) is 17.2 Å². The number of ether oxygens (including phenoxy) is 4. The number of hydrogen-bond acceptors (Lipinski definition) is 9. The van der Waals surface area contributed by atoms with Crippen LogP contribution in [0.5, 0.6) is 17.2 Å². The summed E-state index contributed by atoms with van der Waals surface area (Å²) >= 11 is 14.1. The summed E-state index contributed by atoms with van der Waals surface area (Å²) in [7, 11) is 4.57. The maximum absolute atomic E-state index is 14.1. The summed E-state index contributed by atoms with van der Waals surface area (Å²) in [4.78, 5) is 31.4. The molecule has 3 aliphatic heterocycles. The molecule has 5 heterocycles. The van der Waals surface area contributed by atoms with Crippen LogP contribution < -0.4 is 23.8 Å². The molecule has 0 spiro atoms. The predicted molar refractivity (Wildman–Crippen MR) is 190 cm³/mol. The molecular weight excluding hydrogens is 705 g/mol. The summed E-state index contributed by atoms with van der Waals surface area (Å²) in [5, 5.41) is 22.9. The molecule has 14 heteroatoms. The Kier molecular flexibility index (Phi) is 10.9. The highest BCUT2D eigenvalue weighted by atomic mass is 35.5. The van der Waals surface area contributed by atoms with Gasteiger partial charge in [-0.25, -0.2) is 9.59 Å². The van der Waals surface area contributed by atoms with Gasteiger partial charge in [-0.15, -0.1) is 11.3 Å². The summed E-state index contributed by atoms with van der Waals surface area (Å²) in [6.07, 6.45) is 3.75. The number of halogens is 2. The molecule has 2 aromatic carbocycles. The summed E-state index contributed by atoms with van der Waals surface area (Å²) in [5.74, 6) is -0.0319. The first-order valence-electron chi connectivity index (χ1n) is 16.1. The van der Waals surface area contributed by atoms with Gasteiger partial charge in [-0.1, -0.05) is 41.4 Å². The van der Waals surface area contributed by atoms with Crippen LogP contribution in [-0.2, 0) is 17.7 Å². The molecule has 3 aliphatic rings. The van der Waals surface area contributed by atoms with E-state index in [0.717, 1.165) is 37.3 Å². The number of aromatic carboxylic acids is 1. The average molecular weight is 743 g/mol. The number of thiophene rings is 1. The third-order valence-corrected chi connectivity index (χ3v) is 11.2. The lowest BCUT2D eigenvalue weighted by Gasteiger charge is -2.44. The van der Waals surface area contributed by atoms with Gasteiger partial charge in [0.25, 0.3) is 0 Å². The molecule has 1 unspecified atom stereocenters. The van der Waals surface area contributed by atoms with Crippen molar-refractivity contribution >= 4 is 52.3 Å². The fraction of sp³-hybridized carbons (Fsp3) is 0.361. The summed E-state index contributed by atoms with van der Waals surface area (Å²) in [5.41, 5.74) is 2.14. The number of piperidine rings is 3.